The van der Waals surface area contributed by atoms with Crippen LogP contribution in [0.4, 0.5) is 8.78 Å². The third-order valence-electron chi connectivity index (χ3n) is 1.55. The normalized spacial score (nSPS) is 9.92. The number of rotatable bonds is 1. The molecule has 0 aliphatic heterocycles. The molecule has 1 aromatic rings. The van der Waals surface area contributed by atoms with E-state index in [2.05, 4.69) is 0 Å². The molecule has 0 saturated heterocycles. The molecule has 0 radical (unpaired) electrons. The van der Waals surface area contributed by atoms with Crippen LogP contribution in [0.1, 0.15) is 11.1 Å². The molecular weight excluding hydrogens is 162 g/mol. The van der Waals surface area contributed by atoms with Gasteiger partial charge in [-0.3, -0.25) is 5.41 Å². The van der Waals surface area contributed by atoms with E-state index in [1.54, 1.807) is 0 Å². The van der Waals surface area contributed by atoms with E-state index >= 15 is 0 Å². The quantitative estimate of drug-likeness (QED) is 0.487. The van der Waals surface area contributed by atoms with Crippen molar-refractivity contribution in [3.8, 4) is 0 Å². The van der Waals surface area contributed by atoms with Crippen LogP contribution in [0.25, 0.3) is 0 Å². The number of amidine groups is 1. The van der Waals surface area contributed by atoms with Crippen molar-refractivity contribution in [3.63, 3.8) is 0 Å². The van der Waals surface area contributed by atoms with Crippen LogP contribution in [0.2, 0.25) is 0 Å². The molecule has 0 spiro atoms. The van der Waals surface area contributed by atoms with Crippen LogP contribution in [-0.4, -0.2) is 5.84 Å². The molecule has 4 heteroatoms. The second-order valence-electron chi connectivity index (χ2n) is 2.47. The summed E-state index contributed by atoms with van der Waals surface area (Å²) in [5.41, 5.74) is 4.82. The molecule has 3 N–H and O–H groups in total. The van der Waals surface area contributed by atoms with Gasteiger partial charge < -0.3 is 5.73 Å². The molecule has 0 unspecified atom stereocenters. The second-order valence-corrected chi connectivity index (χ2v) is 2.47. The highest BCUT2D eigenvalue weighted by atomic mass is 19.1. The van der Waals surface area contributed by atoms with Crippen LogP contribution in [-0.2, 0) is 0 Å². The van der Waals surface area contributed by atoms with Crippen molar-refractivity contribution in [1.82, 2.24) is 0 Å². The average Bonchev–Trinajstić information content (AvgIpc) is 1.97. The Morgan fingerprint density at radius 2 is 2.00 bits per heavy atom. The van der Waals surface area contributed by atoms with Crippen molar-refractivity contribution in [1.29, 1.82) is 5.41 Å². The predicted molar refractivity (Wildman–Crippen MR) is 42.1 cm³/mol. The summed E-state index contributed by atoms with van der Waals surface area (Å²) in [7, 11) is 0. The van der Waals surface area contributed by atoms with Crippen molar-refractivity contribution in [2.24, 2.45) is 5.73 Å². The lowest BCUT2D eigenvalue weighted by Crippen LogP contribution is -2.16. The second kappa shape index (κ2) is 2.89. The zero-order valence-corrected chi connectivity index (χ0v) is 6.49. The molecule has 1 aromatic carbocycles. The summed E-state index contributed by atoms with van der Waals surface area (Å²) in [4.78, 5) is 0. The fourth-order valence-electron chi connectivity index (χ4n) is 0.904. The Kier molecular flexibility index (Phi) is 2.08. The molecule has 0 saturated carbocycles. The van der Waals surface area contributed by atoms with Gasteiger partial charge in [-0.15, -0.1) is 0 Å². The number of hydrogen-bond donors (Lipinski definition) is 2. The Morgan fingerprint density at radius 3 is 2.42 bits per heavy atom. The van der Waals surface area contributed by atoms with Gasteiger partial charge in [0.05, 0.1) is 5.56 Å². The minimum Gasteiger partial charge on any atom is -0.384 e. The fourth-order valence-corrected chi connectivity index (χ4v) is 0.904. The number of nitrogens with two attached hydrogens (primary N) is 1. The fraction of sp³-hybridized carbons (Fsp3) is 0.125. The number of halogens is 2. The molecule has 64 valence electrons. The summed E-state index contributed by atoms with van der Waals surface area (Å²) >= 11 is 0. The largest absolute Gasteiger partial charge is 0.384 e. The molecule has 0 heterocycles. The summed E-state index contributed by atoms with van der Waals surface area (Å²) in [5, 5.41) is 6.91. The zero-order valence-electron chi connectivity index (χ0n) is 6.49. The number of nitrogens with one attached hydrogen (secondary N) is 1. The van der Waals surface area contributed by atoms with Crippen LogP contribution >= 0.6 is 0 Å². The Morgan fingerprint density at radius 1 is 1.42 bits per heavy atom. The Hall–Kier alpha value is -1.45. The molecule has 0 bridgehead atoms. The summed E-state index contributed by atoms with van der Waals surface area (Å²) in [6, 6.07) is 2.40. The van der Waals surface area contributed by atoms with Crippen molar-refractivity contribution in [2.45, 2.75) is 6.92 Å². The van der Waals surface area contributed by atoms with Crippen LogP contribution < -0.4 is 5.73 Å². The van der Waals surface area contributed by atoms with E-state index in [0.717, 1.165) is 6.07 Å². The highest BCUT2D eigenvalue weighted by Crippen LogP contribution is 2.14. The van der Waals surface area contributed by atoms with E-state index in [0.29, 0.717) is 0 Å². The molecule has 0 atom stereocenters. The topological polar surface area (TPSA) is 49.9 Å². The molecule has 0 amide bonds. The van der Waals surface area contributed by atoms with Crippen LogP contribution in [0.3, 0.4) is 0 Å². The van der Waals surface area contributed by atoms with Crippen molar-refractivity contribution < 1.29 is 8.78 Å². The van der Waals surface area contributed by atoms with Crippen LogP contribution in [0.5, 0.6) is 0 Å². The molecular formula is C8H8F2N2. The van der Waals surface area contributed by atoms with E-state index in [1.165, 1.54) is 13.0 Å². The van der Waals surface area contributed by atoms with Gasteiger partial charge in [0.2, 0.25) is 0 Å². The maximum absolute atomic E-state index is 13.1. The number of hydrogen-bond acceptors (Lipinski definition) is 1. The predicted octanol–water partition coefficient (Wildman–Crippen LogP) is 1.56. The van der Waals surface area contributed by atoms with Gasteiger partial charge in [-0.2, -0.15) is 0 Å². The number of nitrogen functional groups attached to an aromatic ring is 1. The zero-order chi connectivity index (χ0) is 9.30. The van der Waals surface area contributed by atoms with Gasteiger partial charge in [0.15, 0.2) is 0 Å². The Bertz CT molecular complexity index is 334. The number of benzene rings is 1. The van der Waals surface area contributed by atoms with E-state index < -0.39 is 23.0 Å². The summed E-state index contributed by atoms with van der Waals surface area (Å²) in [6.45, 7) is 1.49. The summed E-state index contributed by atoms with van der Waals surface area (Å²) < 4.78 is 25.9. The molecule has 0 aliphatic carbocycles. The van der Waals surface area contributed by atoms with E-state index in [1.807, 2.05) is 0 Å². The first-order valence-electron chi connectivity index (χ1n) is 3.33. The lowest BCUT2D eigenvalue weighted by atomic mass is 10.1. The van der Waals surface area contributed by atoms with Gasteiger partial charge in [-0.05, 0) is 18.6 Å². The molecule has 0 aliphatic rings. The first kappa shape index (κ1) is 8.64. The monoisotopic (exact) mass is 170 g/mol. The SMILES string of the molecule is Cc1ccc(F)c(C(=N)N)c1F. The van der Waals surface area contributed by atoms with Gasteiger partial charge in [0, 0.05) is 0 Å². The van der Waals surface area contributed by atoms with Crippen molar-refractivity contribution >= 4 is 5.84 Å². The van der Waals surface area contributed by atoms with E-state index in [4.69, 9.17) is 11.1 Å². The third kappa shape index (κ3) is 1.28. The van der Waals surface area contributed by atoms with E-state index in [-0.39, 0.29) is 5.56 Å². The first-order chi connectivity index (χ1) is 5.54. The molecule has 0 aromatic heterocycles. The Labute approximate surface area is 68.5 Å². The van der Waals surface area contributed by atoms with Gasteiger partial charge in [0.25, 0.3) is 0 Å². The highest BCUT2D eigenvalue weighted by molar-refractivity contribution is 5.95. The lowest BCUT2D eigenvalue weighted by Gasteiger charge is -2.04. The average molecular weight is 170 g/mol. The highest BCUT2D eigenvalue weighted by Gasteiger charge is 2.13. The number of aryl methyl sites for hydroxylation is 1. The molecule has 12 heavy (non-hydrogen) atoms. The van der Waals surface area contributed by atoms with E-state index in [9.17, 15) is 8.78 Å². The Balaban J connectivity index is 3.43. The first-order valence-corrected chi connectivity index (χ1v) is 3.33. The maximum atomic E-state index is 13.1. The molecule has 0 fully saturated rings. The third-order valence-corrected chi connectivity index (χ3v) is 1.55. The maximum Gasteiger partial charge on any atom is 0.139 e. The van der Waals surface area contributed by atoms with Crippen molar-refractivity contribution in [3.05, 3.63) is 34.9 Å². The van der Waals surface area contributed by atoms with Crippen LogP contribution in [0.15, 0.2) is 12.1 Å². The standard InChI is InChI=1S/C8H8F2N2/c1-4-2-3-5(9)6(7(4)10)8(11)12/h2-3H,1H3,(H3,11,12). The molecule has 1 rings (SSSR count). The van der Waals surface area contributed by atoms with Crippen LogP contribution in [0, 0.1) is 24.0 Å². The summed E-state index contributed by atoms with van der Waals surface area (Å²) in [6.07, 6.45) is 0. The van der Waals surface area contributed by atoms with Gasteiger partial charge >= 0.3 is 0 Å². The molecule has 2 nitrogen and oxygen atoms in total. The van der Waals surface area contributed by atoms with Crippen molar-refractivity contribution in [2.75, 3.05) is 0 Å². The lowest BCUT2D eigenvalue weighted by molar-refractivity contribution is 0.572. The van der Waals surface area contributed by atoms with Gasteiger partial charge in [-0.1, -0.05) is 6.07 Å². The minimum atomic E-state index is -0.800. The summed E-state index contributed by atoms with van der Waals surface area (Å²) in [5.74, 6) is -2.15. The smallest absolute Gasteiger partial charge is 0.139 e. The van der Waals surface area contributed by atoms with Gasteiger partial charge in [0.1, 0.15) is 17.5 Å². The minimum absolute atomic E-state index is 0.279. The van der Waals surface area contributed by atoms with Gasteiger partial charge in [-0.25, -0.2) is 8.78 Å².